The highest BCUT2D eigenvalue weighted by molar-refractivity contribution is 7.89. The number of carboxylic acids is 1. The topological polar surface area (TPSA) is 140 Å². The van der Waals surface area contributed by atoms with Crippen molar-refractivity contribution in [1.82, 2.24) is 5.32 Å². The number of carbonyl (C=O) groups excluding carboxylic acids is 1. The van der Waals surface area contributed by atoms with Crippen molar-refractivity contribution in [2.75, 3.05) is 12.3 Å². The lowest BCUT2D eigenvalue weighted by molar-refractivity contribution is 0.0695. The Balaban J connectivity index is 2.43. The quantitative estimate of drug-likeness (QED) is 0.592. The van der Waals surface area contributed by atoms with Gasteiger partial charge in [0.15, 0.2) is 5.76 Å². The third-order valence-corrected chi connectivity index (χ3v) is 2.82. The highest BCUT2D eigenvalue weighted by Gasteiger charge is 2.14. The van der Waals surface area contributed by atoms with E-state index in [4.69, 9.17) is 14.7 Å². The summed E-state index contributed by atoms with van der Waals surface area (Å²) in [6.45, 7) is 0.0956. The van der Waals surface area contributed by atoms with Crippen LogP contribution in [-0.2, 0) is 10.0 Å². The second-order valence-corrected chi connectivity index (χ2v) is 5.22. The van der Waals surface area contributed by atoms with Gasteiger partial charge in [-0.3, -0.25) is 4.79 Å². The molecule has 4 N–H and O–H groups in total. The van der Waals surface area contributed by atoms with Crippen molar-refractivity contribution < 1.29 is 27.5 Å². The van der Waals surface area contributed by atoms with Crippen molar-refractivity contribution in [2.45, 2.75) is 6.42 Å². The van der Waals surface area contributed by atoms with Gasteiger partial charge >= 0.3 is 5.97 Å². The van der Waals surface area contributed by atoms with E-state index in [2.05, 4.69) is 5.32 Å². The minimum atomic E-state index is -3.55. The minimum Gasteiger partial charge on any atom is -0.478 e. The third kappa shape index (κ3) is 4.55. The molecule has 18 heavy (non-hydrogen) atoms. The molecule has 0 atom stereocenters. The van der Waals surface area contributed by atoms with Crippen LogP contribution in [0.5, 0.6) is 0 Å². The van der Waals surface area contributed by atoms with Gasteiger partial charge in [-0.15, -0.1) is 0 Å². The van der Waals surface area contributed by atoms with E-state index in [0.29, 0.717) is 0 Å². The lowest BCUT2D eigenvalue weighted by Gasteiger charge is -2.01. The first-order valence-corrected chi connectivity index (χ1v) is 6.61. The number of nitrogens with one attached hydrogen (secondary N) is 1. The Morgan fingerprint density at radius 1 is 1.44 bits per heavy atom. The molecule has 1 aromatic heterocycles. The molecule has 0 bridgehead atoms. The zero-order valence-electron chi connectivity index (χ0n) is 9.25. The number of carboxylic acid groups (broad SMARTS) is 1. The fraction of sp³-hybridized carbons (Fsp3) is 0.333. The molecule has 0 fully saturated rings. The number of rotatable bonds is 6. The Morgan fingerprint density at radius 2 is 2.11 bits per heavy atom. The standard InChI is InChI=1S/C9H12N2O6S/c10-18(15,16)3-1-2-11-8(12)7-4-6(5-17-7)9(13)14/h4-5H,1-3H2,(H,11,12)(H,13,14)(H2,10,15,16). The van der Waals surface area contributed by atoms with Crippen LogP contribution >= 0.6 is 0 Å². The highest BCUT2D eigenvalue weighted by Crippen LogP contribution is 2.07. The molecule has 0 spiro atoms. The van der Waals surface area contributed by atoms with Crippen LogP contribution in [0.1, 0.15) is 27.3 Å². The van der Waals surface area contributed by atoms with Crippen LogP contribution in [0.15, 0.2) is 16.7 Å². The predicted octanol–water partition coefficient (Wildman–Crippen LogP) is -0.614. The van der Waals surface area contributed by atoms with E-state index in [1.165, 1.54) is 0 Å². The van der Waals surface area contributed by atoms with Crippen molar-refractivity contribution in [2.24, 2.45) is 5.14 Å². The molecular weight excluding hydrogens is 264 g/mol. The first-order valence-electron chi connectivity index (χ1n) is 4.90. The van der Waals surface area contributed by atoms with Gasteiger partial charge < -0.3 is 14.8 Å². The molecule has 1 aromatic rings. The van der Waals surface area contributed by atoms with E-state index in [-0.39, 0.29) is 30.0 Å². The molecule has 0 saturated carbocycles. The summed E-state index contributed by atoms with van der Waals surface area (Å²) in [5.74, 6) is -2.21. The normalized spacial score (nSPS) is 11.2. The molecule has 9 heteroatoms. The summed E-state index contributed by atoms with van der Waals surface area (Å²) < 4.78 is 26.0. The van der Waals surface area contributed by atoms with Crippen LogP contribution < -0.4 is 10.5 Å². The van der Waals surface area contributed by atoms with Crippen molar-refractivity contribution in [3.05, 3.63) is 23.7 Å². The lowest BCUT2D eigenvalue weighted by Crippen LogP contribution is -2.27. The summed E-state index contributed by atoms with van der Waals surface area (Å²) in [4.78, 5) is 22.0. The Bertz CT molecular complexity index is 547. The number of aromatic carboxylic acids is 1. The van der Waals surface area contributed by atoms with Gasteiger partial charge in [-0.2, -0.15) is 0 Å². The summed E-state index contributed by atoms with van der Waals surface area (Å²) in [6, 6.07) is 1.08. The Morgan fingerprint density at radius 3 is 2.61 bits per heavy atom. The fourth-order valence-electron chi connectivity index (χ4n) is 1.13. The van der Waals surface area contributed by atoms with E-state index in [0.717, 1.165) is 12.3 Å². The van der Waals surface area contributed by atoms with E-state index in [1.807, 2.05) is 0 Å². The van der Waals surface area contributed by atoms with Crippen LogP contribution in [0, 0.1) is 0 Å². The molecule has 1 rings (SSSR count). The van der Waals surface area contributed by atoms with Crippen molar-refractivity contribution >= 4 is 21.9 Å². The van der Waals surface area contributed by atoms with Crippen LogP contribution in [0.25, 0.3) is 0 Å². The first-order chi connectivity index (χ1) is 8.29. The number of amides is 1. The van der Waals surface area contributed by atoms with Gasteiger partial charge in [0.05, 0.1) is 11.3 Å². The maximum atomic E-state index is 11.4. The minimum absolute atomic E-state index is 0.0956. The Labute approximate surface area is 103 Å². The summed E-state index contributed by atoms with van der Waals surface area (Å²) >= 11 is 0. The average Bonchev–Trinajstić information content (AvgIpc) is 2.72. The zero-order valence-corrected chi connectivity index (χ0v) is 10.1. The number of hydrogen-bond acceptors (Lipinski definition) is 5. The van der Waals surface area contributed by atoms with Crippen LogP contribution in [0.3, 0.4) is 0 Å². The maximum absolute atomic E-state index is 11.4. The van der Waals surface area contributed by atoms with Crippen molar-refractivity contribution in [3.63, 3.8) is 0 Å². The van der Waals surface area contributed by atoms with Crippen LogP contribution in [0.4, 0.5) is 0 Å². The summed E-state index contributed by atoms with van der Waals surface area (Å²) in [6.07, 6.45) is 1.11. The zero-order chi connectivity index (χ0) is 13.8. The van der Waals surface area contributed by atoms with Gasteiger partial charge in [0, 0.05) is 12.6 Å². The number of furan rings is 1. The molecule has 100 valence electrons. The van der Waals surface area contributed by atoms with Crippen LogP contribution in [0.2, 0.25) is 0 Å². The second kappa shape index (κ2) is 5.65. The van der Waals surface area contributed by atoms with Crippen molar-refractivity contribution in [1.29, 1.82) is 0 Å². The summed E-state index contributed by atoms with van der Waals surface area (Å²) in [7, 11) is -3.55. The molecule has 0 radical (unpaired) electrons. The van der Waals surface area contributed by atoms with Crippen molar-refractivity contribution in [3.8, 4) is 0 Å². The molecular formula is C9H12N2O6S. The third-order valence-electron chi connectivity index (χ3n) is 1.96. The maximum Gasteiger partial charge on any atom is 0.338 e. The Kier molecular flexibility index (Phi) is 4.45. The molecule has 0 aliphatic carbocycles. The molecule has 0 saturated heterocycles. The smallest absolute Gasteiger partial charge is 0.338 e. The predicted molar refractivity (Wildman–Crippen MR) is 60.6 cm³/mol. The van der Waals surface area contributed by atoms with Crippen LogP contribution in [-0.4, -0.2) is 37.7 Å². The SMILES string of the molecule is NS(=O)(=O)CCCNC(=O)c1cc(C(=O)O)co1. The lowest BCUT2D eigenvalue weighted by atomic mass is 10.3. The second-order valence-electron chi connectivity index (χ2n) is 3.48. The molecule has 0 aromatic carbocycles. The first kappa shape index (κ1) is 14.2. The number of nitrogens with two attached hydrogens (primary N) is 1. The van der Waals surface area contributed by atoms with E-state index < -0.39 is 21.9 Å². The van der Waals surface area contributed by atoms with Gasteiger partial charge in [-0.05, 0) is 6.42 Å². The van der Waals surface area contributed by atoms with Gasteiger partial charge in [0.1, 0.15) is 6.26 Å². The van der Waals surface area contributed by atoms with E-state index in [1.54, 1.807) is 0 Å². The number of carbonyl (C=O) groups is 2. The van der Waals surface area contributed by atoms with Gasteiger partial charge in [-0.25, -0.2) is 18.4 Å². The van der Waals surface area contributed by atoms with Gasteiger partial charge in [0.2, 0.25) is 10.0 Å². The summed E-state index contributed by atoms with van der Waals surface area (Å²) in [5.41, 5.74) is -0.135. The monoisotopic (exact) mass is 276 g/mol. The number of primary sulfonamides is 1. The molecule has 1 amide bonds. The summed E-state index contributed by atoms with van der Waals surface area (Å²) in [5, 5.41) is 15.8. The van der Waals surface area contributed by atoms with Gasteiger partial charge in [0.25, 0.3) is 5.91 Å². The molecule has 0 aliphatic heterocycles. The number of hydrogen-bond donors (Lipinski definition) is 3. The van der Waals surface area contributed by atoms with E-state index in [9.17, 15) is 18.0 Å². The molecule has 8 nitrogen and oxygen atoms in total. The molecule has 0 unspecified atom stereocenters. The average molecular weight is 276 g/mol. The highest BCUT2D eigenvalue weighted by atomic mass is 32.2. The molecule has 1 heterocycles. The number of sulfonamides is 1. The largest absolute Gasteiger partial charge is 0.478 e. The van der Waals surface area contributed by atoms with E-state index >= 15 is 0 Å². The van der Waals surface area contributed by atoms with Gasteiger partial charge in [-0.1, -0.05) is 0 Å². The Hall–Kier alpha value is -1.87. The fourth-order valence-corrected chi connectivity index (χ4v) is 1.68. The molecule has 0 aliphatic rings.